The Kier molecular flexibility index (Phi) is 5.68. The van der Waals surface area contributed by atoms with Crippen LogP contribution in [0.2, 0.25) is 5.02 Å². The number of fused-ring (bicyclic) bond motifs is 3. The monoisotopic (exact) mass is 460 g/mol. The van der Waals surface area contributed by atoms with Gasteiger partial charge in [0.15, 0.2) is 11.4 Å². The molecule has 0 unspecified atom stereocenters. The van der Waals surface area contributed by atoms with E-state index in [1.54, 1.807) is 16.8 Å². The van der Waals surface area contributed by atoms with E-state index in [0.29, 0.717) is 13.1 Å². The first kappa shape index (κ1) is 21.9. The van der Waals surface area contributed by atoms with Gasteiger partial charge in [0.2, 0.25) is 5.43 Å². The molecule has 0 saturated carbocycles. The van der Waals surface area contributed by atoms with Crippen LogP contribution in [0.4, 0.5) is 4.39 Å². The first-order chi connectivity index (χ1) is 15.2. The van der Waals surface area contributed by atoms with E-state index in [1.807, 2.05) is 0 Å². The number of benzene rings is 1. The molecule has 0 bridgehead atoms. The van der Waals surface area contributed by atoms with E-state index in [4.69, 9.17) is 11.6 Å². The average Bonchev–Trinajstić information content (AvgIpc) is 2.75. The van der Waals surface area contributed by atoms with Gasteiger partial charge in [-0.15, -0.1) is 0 Å². The highest BCUT2D eigenvalue weighted by Crippen LogP contribution is 2.31. The standard InChI is InChI=1S/C22H22ClFN4O4/c1-3-26-21-12(2)5-4-8-27(21)28-11-15(18(29)19(30)17(28)22(26)32)20(31)25-10-13-6-7-14(23)9-16(13)24/h6-7,9,11,21,30H,2-5,8,10H2,1H3,(H,25,31)/t21-/m0/s1. The van der Waals surface area contributed by atoms with Gasteiger partial charge in [0, 0.05) is 36.4 Å². The maximum absolute atomic E-state index is 14.0. The van der Waals surface area contributed by atoms with Crippen LogP contribution in [0.3, 0.4) is 0 Å². The van der Waals surface area contributed by atoms with E-state index in [0.717, 1.165) is 24.5 Å². The summed E-state index contributed by atoms with van der Waals surface area (Å²) < 4.78 is 15.4. The molecule has 0 aliphatic carbocycles. The largest absolute Gasteiger partial charge is 0.502 e. The molecule has 3 heterocycles. The van der Waals surface area contributed by atoms with Gasteiger partial charge < -0.3 is 15.3 Å². The molecule has 2 aliphatic rings. The van der Waals surface area contributed by atoms with Crippen LogP contribution in [0, 0.1) is 5.82 Å². The Morgan fingerprint density at radius 1 is 1.38 bits per heavy atom. The summed E-state index contributed by atoms with van der Waals surface area (Å²) in [4.78, 5) is 40.1. The smallest absolute Gasteiger partial charge is 0.278 e. The van der Waals surface area contributed by atoms with Crippen molar-refractivity contribution in [2.75, 3.05) is 18.1 Å². The van der Waals surface area contributed by atoms with E-state index in [9.17, 15) is 23.9 Å². The second-order valence-electron chi connectivity index (χ2n) is 7.72. The summed E-state index contributed by atoms with van der Waals surface area (Å²) in [7, 11) is 0. The second-order valence-corrected chi connectivity index (χ2v) is 8.16. The normalized spacial score (nSPS) is 17.8. The second kappa shape index (κ2) is 8.31. The molecule has 32 heavy (non-hydrogen) atoms. The van der Waals surface area contributed by atoms with Crippen LogP contribution in [0.5, 0.6) is 5.75 Å². The van der Waals surface area contributed by atoms with Gasteiger partial charge in [-0.3, -0.25) is 24.1 Å². The molecule has 2 amide bonds. The number of piperidine rings is 1. The molecule has 1 fully saturated rings. The zero-order valence-electron chi connectivity index (χ0n) is 17.4. The summed E-state index contributed by atoms with van der Waals surface area (Å²) in [6.07, 6.45) is 2.33. The van der Waals surface area contributed by atoms with Crippen molar-refractivity contribution in [3.8, 4) is 5.75 Å². The van der Waals surface area contributed by atoms with Crippen LogP contribution in [-0.2, 0) is 6.54 Å². The number of pyridine rings is 1. The lowest BCUT2D eigenvalue weighted by Gasteiger charge is -2.49. The van der Waals surface area contributed by atoms with E-state index >= 15 is 0 Å². The SMILES string of the molecule is C=C1CCCN2[C@@H]1N(CC)C(=O)c1c(O)c(=O)c(C(=O)NCc3ccc(Cl)cc3F)cn12. The topological polar surface area (TPSA) is 94.9 Å². The predicted octanol–water partition coefficient (Wildman–Crippen LogP) is 2.37. The van der Waals surface area contributed by atoms with Gasteiger partial charge in [-0.25, -0.2) is 4.39 Å². The fraction of sp³-hybridized carbons (Fsp3) is 0.318. The van der Waals surface area contributed by atoms with Crippen molar-refractivity contribution in [2.24, 2.45) is 0 Å². The number of amides is 2. The minimum atomic E-state index is -0.969. The minimum absolute atomic E-state index is 0.185. The van der Waals surface area contributed by atoms with E-state index in [2.05, 4.69) is 11.9 Å². The number of likely N-dealkylation sites (N-methyl/N-ethyl adjacent to an activating group) is 1. The molecule has 1 saturated heterocycles. The van der Waals surface area contributed by atoms with Gasteiger partial charge in [0.1, 0.15) is 17.5 Å². The van der Waals surface area contributed by atoms with Crippen molar-refractivity contribution in [3.63, 3.8) is 0 Å². The Morgan fingerprint density at radius 3 is 2.81 bits per heavy atom. The van der Waals surface area contributed by atoms with Gasteiger partial charge >= 0.3 is 0 Å². The van der Waals surface area contributed by atoms with Gasteiger partial charge in [0.25, 0.3) is 11.8 Å². The van der Waals surface area contributed by atoms with Crippen molar-refractivity contribution in [1.29, 1.82) is 0 Å². The molecule has 0 radical (unpaired) electrons. The number of aromatic nitrogens is 1. The summed E-state index contributed by atoms with van der Waals surface area (Å²) >= 11 is 5.74. The molecule has 8 nitrogen and oxygen atoms in total. The lowest BCUT2D eigenvalue weighted by atomic mass is 10.0. The molecular formula is C22H22ClFN4O4. The zero-order chi connectivity index (χ0) is 23.2. The Morgan fingerprint density at radius 2 is 2.12 bits per heavy atom. The quantitative estimate of drug-likeness (QED) is 0.683. The maximum Gasteiger partial charge on any atom is 0.278 e. The molecule has 4 rings (SSSR count). The van der Waals surface area contributed by atoms with Crippen molar-refractivity contribution in [3.05, 3.63) is 74.4 Å². The molecule has 2 N–H and O–H groups in total. The van der Waals surface area contributed by atoms with Crippen LogP contribution in [-0.4, -0.2) is 45.8 Å². The van der Waals surface area contributed by atoms with Crippen LogP contribution in [0.1, 0.15) is 46.2 Å². The third kappa shape index (κ3) is 3.52. The Bertz CT molecular complexity index is 1200. The number of rotatable bonds is 4. The lowest BCUT2D eigenvalue weighted by Crippen LogP contribution is -2.63. The van der Waals surface area contributed by atoms with Crippen LogP contribution in [0.25, 0.3) is 0 Å². The van der Waals surface area contributed by atoms with Gasteiger partial charge in [-0.1, -0.05) is 24.2 Å². The van der Waals surface area contributed by atoms with E-state index < -0.39 is 35.0 Å². The Labute approximate surface area is 188 Å². The van der Waals surface area contributed by atoms with E-state index in [-0.39, 0.29) is 28.4 Å². The molecule has 1 atom stereocenters. The van der Waals surface area contributed by atoms with Crippen LogP contribution in [0.15, 0.2) is 41.3 Å². The highest BCUT2D eigenvalue weighted by Gasteiger charge is 2.42. The van der Waals surface area contributed by atoms with Crippen LogP contribution >= 0.6 is 11.6 Å². The number of carbonyl (C=O) groups is 2. The van der Waals surface area contributed by atoms with E-state index in [1.165, 1.54) is 23.0 Å². The molecule has 1 aromatic heterocycles. The average molecular weight is 461 g/mol. The van der Waals surface area contributed by atoms with Crippen molar-refractivity contribution in [2.45, 2.75) is 32.5 Å². The first-order valence-electron chi connectivity index (χ1n) is 10.2. The Hall–Kier alpha value is -3.33. The summed E-state index contributed by atoms with van der Waals surface area (Å²) in [5, 5.41) is 15.1. The predicted molar refractivity (Wildman–Crippen MR) is 117 cm³/mol. The number of carbonyl (C=O) groups excluding carboxylic acids is 2. The number of aromatic hydroxyl groups is 1. The minimum Gasteiger partial charge on any atom is -0.502 e. The number of nitrogens with one attached hydrogen (secondary N) is 1. The maximum atomic E-state index is 14.0. The van der Waals surface area contributed by atoms with Crippen molar-refractivity contribution >= 4 is 23.4 Å². The third-order valence-corrected chi connectivity index (χ3v) is 6.01. The van der Waals surface area contributed by atoms with Crippen molar-refractivity contribution in [1.82, 2.24) is 14.9 Å². The molecule has 0 spiro atoms. The summed E-state index contributed by atoms with van der Waals surface area (Å²) in [6.45, 7) is 6.61. The molecular weight excluding hydrogens is 439 g/mol. The van der Waals surface area contributed by atoms with Crippen molar-refractivity contribution < 1.29 is 19.1 Å². The summed E-state index contributed by atoms with van der Waals surface area (Å²) in [5.74, 6) is -2.70. The summed E-state index contributed by atoms with van der Waals surface area (Å²) in [6, 6.07) is 4.04. The fourth-order valence-electron chi connectivity index (χ4n) is 4.19. The number of hydrogen-bond donors (Lipinski definition) is 2. The van der Waals surface area contributed by atoms with Gasteiger partial charge in [-0.05, 0) is 37.5 Å². The highest BCUT2D eigenvalue weighted by atomic mass is 35.5. The molecule has 2 aromatic rings. The lowest BCUT2D eigenvalue weighted by molar-refractivity contribution is 0.0602. The molecule has 168 valence electrons. The van der Waals surface area contributed by atoms with Crippen LogP contribution < -0.4 is 15.8 Å². The third-order valence-electron chi connectivity index (χ3n) is 5.77. The number of hydrogen-bond acceptors (Lipinski definition) is 5. The number of halogens is 2. The molecule has 2 aliphatic heterocycles. The Balaban J connectivity index is 1.71. The first-order valence-corrected chi connectivity index (χ1v) is 10.6. The summed E-state index contributed by atoms with van der Waals surface area (Å²) in [5.41, 5.74) is -0.494. The zero-order valence-corrected chi connectivity index (χ0v) is 18.2. The van der Waals surface area contributed by atoms with Gasteiger partial charge in [-0.2, -0.15) is 0 Å². The fourth-order valence-corrected chi connectivity index (χ4v) is 4.35. The van der Waals surface area contributed by atoms with Gasteiger partial charge in [0.05, 0.1) is 0 Å². The molecule has 1 aromatic carbocycles. The molecule has 10 heteroatoms. The highest BCUT2D eigenvalue weighted by molar-refractivity contribution is 6.30. The number of nitrogens with zero attached hydrogens (tertiary/aromatic N) is 3.